The Morgan fingerprint density at radius 1 is 1.17 bits per heavy atom. The van der Waals surface area contributed by atoms with Gasteiger partial charge in [-0.25, -0.2) is 0 Å². The summed E-state index contributed by atoms with van der Waals surface area (Å²) < 4.78 is 6.32. The molecular formula is C14H15BrN2O. The number of ether oxygens (including phenoxy) is 1. The molecule has 2 rings (SSSR count). The molecule has 0 aromatic heterocycles. The number of nitrogens with two attached hydrogens (primary N) is 1. The van der Waals surface area contributed by atoms with Gasteiger partial charge in [0.15, 0.2) is 0 Å². The molecular weight excluding hydrogens is 292 g/mol. The Hall–Kier alpha value is -1.68. The lowest BCUT2D eigenvalue weighted by molar-refractivity contribution is 0.416. The van der Waals surface area contributed by atoms with E-state index in [0.717, 1.165) is 28.1 Å². The van der Waals surface area contributed by atoms with Gasteiger partial charge < -0.3 is 15.8 Å². The summed E-state index contributed by atoms with van der Waals surface area (Å²) in [6, 6.07) is 13.7. The van der Waals surface area contributed by atoms with Gasteiger partial charge >= 0.3 is 0 Å². The van der Waals surface area contributed by atoms with Crippen molar-refractivity contribution in [2.24, 2.45) is 0 Å². The second-order valence-corrected chi connectivity index (χ2v) is 4.86. The average Bonchev–Trinajstić information content (AvgIpc) is 2.38. The highest BCUT2D eigenvalue weighted by Gasteiger charge is 2.03. The standard InChI is InChI=1S/C14H15BrN2O/c1-18-14-7-4-11(15)8-13(14)17-9-10-2-5-12(16)6-3-10/h2-8,17H,9,16H2,1H3. The predicted molar refractivity (Wildman–Crippen MR) is 78.9 cm³/mol. The number of benzene rings is 2. The summed E-state index contributed by atoms with van der Waals surface area (Å²) in [5.41, 5.74) is 8.56. The Balaban J connectivity index is 2.09. The van der Waals surface area contributed by atoms with Crippen molar-refractivity contribution in [3.63, 3.8) is 0 Å². The van der Waals surface area contributed by atoms with Gasteiger partial charge in [-0.1, -0.05) is 28.1 Å². The summed E-state index contributed by atoms with van der Waals surface area (Å²) in [5.74, 6) is 0.827. The highest BCUT2D eigenvalue weighted by atomic mass is 79.9. The third-order valence-electron chi connectivity index (χ3n) is 2.62. The van der Waals surface area contributed by atoms with Gasteiger partial charge in [0.2, 0.25) is 0 Å². The number of hydrogen-bond donors (Lipinski definition) is 2. The molecule has 0 amide bonds. The van der Waals surface area contributed by atoms with Crippen LogP contribution in [0.4, 0.5) is 11.4 Å². The Morgan fingerprint density at radius 2 is 1.89 bits per heavy atom. The molecule has 2 aromatic rings. The summed E-state index contributed by atoms with van der Waals surface area (Å²) in [6.07, 6.45) is 0. The van der Waals surface area contributed by atoms with Crippen LogP contribution in [0, 0.1) is 0 Å². The fraction of sp³-hybridized carbons (Fsp3) is 0.143. The SMILES string of the molecule is COc1ccc(Br)cc1NCc1ccc(N)cc1. The third kappa shape index (κ3) is 3.17. The average molecular weight is 307 g/mol. The minimum atomic E-state index is 0.729. The molecule has 2 aromatic carbocycles. The lowest BCUT2D eigenvalue weighted by Crippen LogP contribution is -2.01. The Bertz CT molecular complexity index is 526. The van der Waals surface area contributed by atoms with Crippen LogP contribution < -0.4 is 15.8 Å². The first-order valence-corrected chi connectivity index (χ1v) is 6.40. The fourth-order valence-corrected chi connectivity index (χ4v) is 2.01. The zero-order valence-electron chi connectivity index (χ0n) is 10.1. The topological polar surface area (TPSA) is 47.3 Å². The lowest BCUT2D eigenvalue weighted by atomic mass is 10.2. The molecule has 0 bridgehead atoms. The molecule has 0 fully saturated rings. The van der Waals surface area contributed by atoms with Crippen LogP contribution >= 0.6 is 15.9 Å². The minimum Gasteiger partial charge on any atom is -0.495 e. The summed E-state index contributed by atoms with van der Waals surface area (Å²) in [4.78, 5) is 0. The lowest BCUT2D eigenvalue weighted by Gasteiger charge is -2.11. The van der Waals surface area contributed by atoms with Crippen LogP contribution in [-0.4, -0.2) is 7.11 Å². The van der Waals surface area contributed by atoms with Crippen molar-refractivity contribution in [3.05, 3.63) is 52.5 Å². The van der Waals surface area contributed by atoms with E-state index in [1.165, 1.54) is 5.56 Å². The molecule has 94 valence electrons. The van der Waals surface area contributed by atoms with Crippen LogP contribution in [0.5, 0.6) is 5.75 Å². The van der Waals surface area contributed by atoms with E-state index in [1.807, 2.05) is 42.5 Å². The molecule has 0 heterocycles. The fourth-order valence-electron chi connectivity index (χ4n) is 1.65. The largest absolute Gasteiger partial charge is 0.495 e. The molecule has 0 aliphatic rings. The third-order valence-corrected chi connectivity index (χ3v) is 3.12. The number of halogens is 1. The maximum atomic E-state index is 5.65. The number of rotatable bonds is 4. The molecule has 0 saturated heterocycles. The number of anilines is 2. The van der Waals surface area contributed by atoms with E-state index in [0.29, 0.717) is 0 Å². The smallest absolute Gasteiger partial charge is 0.142 e. The van der Waals surface area contributed by atoms with Crippen molar-refractivity contribution in [1.82, 2.24) is 0 Å². The summed E-state index contributed by atoms with van der Waals surface area (Å²) in [6.45, 7) is 0.729. The van der Waals surface area contributed by atoms with E-state index in [1.54, 1.807) is 7.11 Å². The maximum Gasteiger partial charge on any atom is 0.142 e. The van der Waals surface area contributed by atoms with Crippen LogP contribution in [0.15, 0.2) is 46.9 Å². The van der Waals surface area contributed by atoms with Crippen LogP contribution in [0.2, 0.25) is 0 Å². The first-order valence-electron chi connectivity index (χ1n) is 5.61. The van der Waals surface area contributed by atoms with Gasteiger partial charge in [0.1, 0.15) is 5.75 Å². The van der Waals surface area contributed by atoms with Crippen molar-refractivity contribution in [3.8, 4) is 5.75 Å². The van der Waals surface area contributed by atoms with Gasteiger partial charge in [0.05, 0.1) is 12.8 Å². The van der Waals surface area contributed by atoms with Crippen LogP contribution in [0.25, 0.3) is 0 Å². The highest BCUT2D eigenvalue weighted by molar-refractivity contribution is 9.10. The quantitative estimate of drug-likeness (QED) is 0.848. The normalized spacial score (nSPS) is 10.1. The van der Waals surface area contributed by atoms with Crippen molar-refractivity contribution in [1.29, 1.82) is 0 Å². The van der Waals surface area contributed by atoms with E-state index >= 15 is 0 Å². The van der Waals surface area contributed by atoms with Crippen LogP contribution in [0.3, 0.4) is 0 Å². The molecule has 0 spiro atoms. The molecule has 0 radical (unpaired) electrons. The summed E-state index contributed by atoms with van der Waals surface area (Å²) in [5, 5.41) is 3.34. The zero-order chi connectivity index (χ0) is 13.0. The zero-order valence-corrected chi connectivity index (χ0v) is 11.7. The van der Waals surface area contributed by atoms with Crippen molar-refractivity contribution in [2.75, 3.05) is 18.2 Å². The Kier molecular flexibility index (Phi) is 4.10. The van der Waals surface area contributed by atoms with Gasteiger partial charge in [-0.05, 0) is 35.9 Å². The van der Waals surface area contributed by atoms with Gasteiger partial charge in [-0.3, -0.25) is 0 Å². The first-order chi connectivity index (χ1) is 8.69. The number of nitrogens with one attached hydrogen (secondary N) is 1. The van der Waals surface area contributed by atoms with E-state index in [-0.39, 0.29) is 0 Å². The highest BCUT2D eigenvalue weighted by Crippen LogP contribution is 2.28. The van der Waals surface area contributed by atoms with Crippen LogP contribution in [-0.2, 0) is 6.54 Å². The molecule has 0 aliphatic heterocycles. The van der Waals surface area contributed by atoms with Crippen molar-refractivity contribution >= 4 is 27.3 Å². The monoisotopic (exact) mass is 306 g/mol. The molecule has 0 atom stereocenters. The summed E-state index contributed by atoms with van der Waals surface area (Å²) >= 11 is 3.45. The van der Waals surface area contributed by atoms with Crippen molar-refractivity contribution in [2.45, 2.75) is 6.54 Å². The second kappa shape index (κ2) is 5.78. The molecule has 4 heteroatoms. The van der Waals surface area contributed by atoms with Crippen molar-refractivity contribution < 1.29 is 4.74 Å². The minimum absolute atomic E-state index is 0.729. The number of nitrogen functional groups attached to an aromatic ring is 1. The molecule has 18 heavy (non-hydrogen) atoms. The Labute approximate surface area is 115 Å². The number of hydrogen-bond acceptors (Lipinski definition) is 3. The molecule has 0 unspecified atom stereocenters. The van der Waals surface area contributed by atoms with E-state index in [2.05, 4.69) is 21.2 Å². The molecule has 0 aliphatic carbocycles. The molecule has 3 N–H and O–H groups in total. The van der Waals surface area contributed by atoms with Gasteiger partial charge in [0.25, 0.3) is 0 Å². The van der Waals surface area contributed by atoms with E-state index in [4.69, 9.17) is 10.5 Å². The molecule has 3 nitrogen and oxygen atoms in total. The maximum absolute atomic E-state index is 5.65. The Morgan fingerprint density at radius 3 is 2.56 bits per heavy atom. The number of methoxy groups -OCH3 is 1. The van der Waals surface area contributed by atoms with Crippen LogP contribution in [0.1, 0.15) is 5.56 Å². The second-order valence-electron chi connectivity index (χ2n) is 3.94. The van der Waals surface area contributed by atoms with Gasteiger partial charge in [-0.2, -0.15) is 0 Å². The van der Waals surface area contributed by atoms with E-state index < -0.39 is 0 Å². The molecule has 0 saturated carbocycles. The van der Waals surface area contributed by atoms with Gasteiger partial charge in [0, 0.05) is 16.7 Å². The van der Waals surface area contributed by atoms with E-state index in [9.17, 15) is 0 Å². The summed E-state index contributed by atoms with van der Waals surface area (Å²) in [7, 11) is 1.66. The van der Waals surface area contributed by atoms with Gasteiger partial charge in [-0.15, -0.1) is 0 Å². The predicted octanol–water partition coefficient (Wildman–Crippen LogP) is 3.65. The first kappa shape index (κ1) is 12.8.